The van der Waals surface area contributed by atoms with Gasteiger partial charge >= 0.3 is 0 Å². The molecule has 0 saturated carbocycles. The minimum atomic E-state index is 0. The standard InChI is InChI=1S/C11H18N3.BrH/c1-13-9-10-14(11-13)8-6-4-2-3-5-7-12;/h9-11H,2-6,8H2,1H3;1H/q+1;/p-1. The first-order valence-corrected chi connectivity index (χ1v) is 5.21. The number of hydrogen-bond donors (Lipinski definition) is 0. The number of nitriles is 1. The maximum absolute atomic E-state index is 8.35. The van der Waals surface area contributed by atoms with Crippen molar-refractivity contribution in [3.05, 3.63) is 18.7 Å². The topological polar surface area (TPSA) is 32.6 Å². The van der Waals surface area contributed by atoms with Crippen molar-refractivity contribution in [3.63, 3.8) is 0 Å². The van der Waals surface area contributed by atoms with E-state index in [1.807, 2.05) is 7.05 Å². The van der Waals surface area contributed by atoms with Gasteiger partial charge in [-0.3, -0.25) is 0 Å². The second kappa shape index (κ2) is 8.49. The van der Waals surface area contributed by atoms with Crippen LogP contribution in [0.25, 0.3) is 0 Å². The van der Waals surface area contributed by atoms with Gasteiger partial charge in [0.15, 0.2) is 0 Å². The fourth-order valence-electron chi connectivity index (χ4n) is 1.49. The lowest BCUT2D eigenvalue weighted by molar-refractivity contribution is -0.671. The van der Waals surface area contributed by atoms with Gasteiger partial charge in [0, 0.05) is 6.42 Å². The third-order valence-corrected chi connectivity index (χ3v) is 2.28. The van der Waals surface area contributed by atoms with Gasteiger partial charge in [-0.25, -0.2) is 9.13 Å². The Balaban J connectivity index is 0.00000196. The molecular formula is C11H18BrN3. The molecule has 0 N–H and O–H groups in total. The third-order valence-electron chi connectivity index (χ3n) is 2.28. The quantitative estimate of drug-likeness (QED) is 0.472. The molecule has 0 aliphatic heterocycles. The molecule has 0 unspecified atom stereocenters. The molecule has 0 atom stereocenters. The van der Waals surface area contributed by atoms with Crippen LogP contribution in [0.5, 0.6) is 0 Å². The molecule has 0 aliphatic carbocycles. The van der Waals surface area contributed by atoms with Crippen LogP contribution in [0.2, 0.25) is 0 Å². The first-order valence-electron chi connectivity index (χ1n) is 5.21. The second-order valence-electron chi connectivity index (χ2n) is 3.64. The Hall–Kier alpha value is -0.820. The third kappa shape index (κ3) is 6.29. The molecule has 0 radical (unpaired) electrons. The maximum atomic E-state index is 8.35. The average Bonchev–Trinajstić information content (AvgIpc) is 2.58. The monoisotopic (exact) mass is 271 g/mol. The van der Waals surface area contributed by atoms with Crippen molar-refractivity contribution in [1.29, 1.82) is 5.26 Å². The summed E-state index contributed by atoms with van der Waals surface area (Å²) in [5.74, 6) is 0. The van der Waals surface area contributed by atoms with E-state index in [1.54, 1.807) is 0 Å². The molecule has 1 heterocycles. The van der Waals surface area contributed by atoms with Crippen molar-refractivity contribution in [2.24, 2.45) is 7.05 Å². The van der Waals surface area contributed by atoms with E-state index >= 15 is 0 Å². The van der Waals surface area contributed by atoms with E-state index in [9.17, 15) is 0 Å². The highest BCUT2D eigenvalue weighted by Gasteiger charge is 1.98. The molecule has 1 rings (SSSR count). The molecule has 0 amide bonds. The van der Waals surface area contributed by atoms with E-state index in [2.05, 4.69) is 33.9 Å². The lowest BCUT2D eigenvalue weighted by atomic mass is 10.1. The first kappa shape index (κ1) is 14.2. The predicted molar refractivity (Wildman–Crippen MR) is 54.3 cm³/mol. The van der Waals surface area contributed by atoms with Crippen molar-refractivity contribution in [2.45, 2.75) is 38.6 Å². The number of unbranched alkanes of at least 4 members (excludes halogenated alkanes) is 4. The molecule has 0 aliphatic rings. The minimum Gasteiger partial charge on any atom is -1.00 e. The van der Waals surface area contributed by atoms with Gasteiger partial charge in [0.1, 0.15) is 12.4 Å². The van der Waals surface area contributed by atoms with Crippen molar-refractivity contribution in [3.8, 4) is 6.07 Å². The zero-order valence-corrected chi connectivity index (χ0v) is 10.8. The summed E-state index contributed by atoms with van der Waals surface area (Å²) >= 11 is 0. The van der Waals surface area contributed by atoms with Gasteiger partial charge < -0.3 is 17.0 Å². The van der Waals surface area contributed by atoms with E-state index in [1.165, 1.54) is 19.3 Å². The van der Waals surface area contributed by atoms with Crippen molar-refractivity contribution < 1.29 is 21.5 Å². The van der Waals surface area contributed by atoms with Gasteiger partial charge in [0.2, 0.25) is 6.33 Å². The molecular weight excluding hydrogens is 254 g/mol. The number of aryl methyl sites for hydroxylation is 2. The van der Waals surface area contributed by atoms with Gasteiger partial charge in [-0.1, -0.05) is 6.42 Å². The molecule has 0 bridgehead atoms. The van der Waals surface area contributed by atoms with Crippen LogP contribution >= 0.6 is 0 Å². The highest BCUT2D eigenvalue weighted by molar-refractivity contribution is 4.68. The number of imidazole rings is 1. The highest BCUT2D eigenvalue weighted by atomic mass is 79.9. The molecule has 1 aromatic rings. The Morgan fingerprint density at radius 1 is 1.27 bits per heavy atom. The lowest BCUT2D eigenvalue weighted by Gasteiger charge is -1.96. The van der Waals surface area contributed by atoms with Gasteiger partial charge in [0.05, 0.1) is 19.7 Å². The summed E-state index contributed by atoms with van der Waals surface area (Å²) in [7, 11) is 2.03. The van der Waals surface area contributed by atoms with Crippen LogP contribution in [0, 0.1) is 11.3 Å². The van der Waals surface area contributed by atoms with Crippen LogP contribution in [-0.2, 0) is 13.6 Å². The van der Waals surface area contributed by atoms with Gasteiger partial charge in [0.25, 0.3) is 0 Å². The average molecular weight is 272 g/mol. The predicted octanol–water partition coefficient (Wildman–Crippen LogP) is -1.21. The number of rotatable bonds is 6. The summed E-state index contributed by atoms with van der Waals surface area (Å²) < 4.78 is 4.25. The van der Waals surface area contributed by atoms with Gasteiger partial charge in [-0.2, -0.15) is 5.26 Å². The van der Waals surface area contributed by atoms with E-state index in [-0.39, 0.29) is 17.0 Å². The molecule has 0 saturated heterocycles. The summed E-state index contributed by atoms with van der Waals surface area (Å²) in [6, 6.07) is 2.17. The van der Waals surface area contributed by atoms with Crippen molar-refractivity contribution >= 4 is 0 Å². The molecule has 0 aromatic carbocycles. The number of hydrogen-bond acceptors (Lipinski definition) is 1. The van der Waals surface area contributed by atoms with Crippen molar-refractivity contribution in [2.75, 3.05) is 0 Å². The smallest absolute Gasteiger partial charge is 0.243 e. The van der Waals surface area contributed by atoms with Crippen LogP contribution in [0.4, 0.5) is 0 Å². The zero-order valence-electron chi connectivity index (χ0n) is 9.19. The van der Waals surface area contributed by atoms with Crippen molar-refractivity contribution in [1.82, 2.24) is 4.57 Å². The molecule has 3 nitrogen and oxygen atoms in total. The number of nitrogens with zero attached hydrogens (tertiary/aromatic N) is 3. The maximum Gasteiger partial charge on any atom is 0.243 e. The van der Waals surface area contributed by atoms with E-state index in [4.69, 9.17) is 5.26 Å². The molecule has 1 aromatic heterocycles. The Kier molecular flexibility index (Phi) is 8.02. The Bertz CT molecular complexity index is 301. The summed E-state index contributed by atoms with van der Waals surface area (Å²) in [6.45, 7) is 1.09. The fraction of sp³-hybridized carbons (Fsp3) is 0.636. The fourth-order valence-corrected chi connectivity index (χ4v) is 1.49. The van der Waals surface area contributed by atoms with Crippen LogP contribution in [0.3, 0.4) is 0 Å². The largest absolute Gasteiger partial charge is 1.00 e. The normalized spacial score (nSPS) is 9.33. The molecule has 0 spiro atoms. The minimum absolute atomic E-state index is 0. The van der Waals surface area contributed by atoms with E-state index in [0.29, 0.717) is 6.42 Å². The zero-order chi connectivity index (χ0) is 10.2. The molecule has 0 fully saturated rings. The summed E-state index contributed by atoms with van der Waals surface area (Å²) in [5.41, 5.74) is 0. The molecule has 84 valence electrons. The molecule has 15 heavy (non-hydrogen) atoms. The van der Waals surface area contributed by atoms with Crippen LogP contribution in [-0.4, -0.2) is 4.57 Å². The highest BCUT2D eigenvalue weighted by Crippen LogP contribution is 2.03. The van der Waals surface area contributed by atoms with Crippen LogP contribution in [0.15, 0.2) is 18.7 Å². The SMILES string of the molecule is C[n+]1ccn(CCCCCCC#N)c1.[Br-]. The first-order chi connectivity index (χ1) is 6.83. The number of halogens is 1. The van der Waals surface area contributed by atoms with E-state index in [0.717, 1.165) is 13.0 Å². The lowest BCUT2D eigenvalue weighted by Crippen LogP contribution is -3.00. The summed E-state index contributed by atoms with van der Waals surface area (Å²) in [5, 5.41) is 8.35. The Morgan fingerprint density at radius 2 is 2.00 bits per heavy atom. The molecule has 4 heteroatoms. The second-order valence-corrected chi connectivity index (χ2v) is 3.64. The van der Waals surface area contributed by atoms with Gasteiger partial charge in [-0.15, -0.1) is 0 Å². The Morgan fingerprint density at radius 3 is 2.60 bits per heavy atom. The Labute approximate surface area is 102 Å². The van der Waals surface area contributed by atoms with Crippen LogP contribution < -0.4 is 21.5 Å². The number of aromatic nitrogens is 2. The van der Waals surface area contributed by atoms with E-state index < -0.39 is 0 Å². The van der Waals surface area contributed by atoms with Gasteiger partial charge in [-0.05, 0) is 19.3 Å². The van der Waals surface area contributed by atoms with Crippen LogP contribution in [0.1, 0.15) is 32.1 Å². The summed E-state index contributed by atoms with van der Waals surface area (Å²) in [4.78, 5) is 0. The summed E-state index contributed by atoms with van der Waals surface area (Å²) in [6.07, 6.45) is 11.6.